The SMILES string of the molecule is CCOC(=O)C(C)(C#N)Cc1nc2ccccc2s1. The van der Waals surface area contributed by atoms with Crippen LogP contribution in [0.5, 0.6) is 0 Å². The predicted molar refractivity (Wildman–Crippen MR) is 73.7 cm³/mol. The van der Waals surface area contributed by atoms with E-state index in [1.807, 2.05) is 30.3 Å². The Hall–Kier alpha value is -1.93. The van der Waals surface area contributed by atoms with Gasteiger partial charge in [-0.3, -0.25) is 4.79 Å². The first kappa shape index (κ1) is 13.5. The minimum Gasteiger partial charge on any atom is -0.465 e. The summed E-state index contributed by atoms with van der Waals surface area (Å²) in [5, 5.41) is 10.0. The minimum atomic E-state index is -1.18. The Morgan fingerprint density at radius 2 is 2.26 bits per heavy atom. The van der Waals surface area contributed by atoms with Gasteiger partial charge < -0.3 is 4.74 Å². The second-order valence-electron chi connectivity index (χ2n) is 4.42. The molecule has 0 aliphatic rings. The topological polar surface area (TPSA) is 63.0 Å². The lowest BCUT2D eigenvalue weighted by Gasteiger charge is -2.17. The fraction of sp³-hybridized carbons (Fsp3) is 0.357. The van der Waals surface area contributed by atoms with Crippen LogP contribution in [0.4, 0.5) is 0 Å². The van der Waals surface area contributed by atoms with E-state index >= 15 is 0 Å². The average Bonchev–Trinajstić information content (AvgIpc) is 2.80. The Morgan fingerprint density at radius 1 is 1.53 bits per heavy atom. The Morgan fingerprint density at radius 3 is 2.89 bits per heavy atom. The van der Waals surface area contributed by atoms with Crippen LogP contribution in [0.25, 0.3) is 10.2 Å². The number of ether oxygens (including phenoxy) is 1. The standard InChI is InChI=1S/C14H14N2O2S/c1-3-18-13(17)14(2,9-15)8-12-16-10-6-4-5-7-11(10)19-12/h4-7H,3,8H2,1-2H3. The van der Waals surface area contributed by atoms with Gasteiger partial charge >= 0.3 is 5.97 Å². The van der Waals surface area contributed by atoms with Crippen molar-refractivity contribution in [1.29, 1.82) is 5.26 Å². The first-order valence-corrected chi connectivity index (χ1v) is 6.83. The van der Waals surface area contributed by atoms with E-state index < -0.39 is 11.4 Å². The summed E-state index contributed by atoms with van der Waals surface area (Å²) in [4.78, 5) is 16.3. The van der Waals surface area contributed by atoms with Crippen LogP contribution >= 0.6 is 11.3 Å². The van der Waals surface area contributed by atoms with E-state index in [1.165, 1.54) is 11.3 Å². The molecule has 1 aromatic heterocycles. The lowest BCUT2D eigenvalue weighted by Crippen LogP contribution is -2.30. The monoisotopic (exact) mass is 274 g/mol. The van der Waals surface area contributed by atoms with Crippen molar-refractivity contribution in [1.82, 2.24) is 4.98 Å². The molecule has 0 fully saturated rings. The molecule has 0 radical (unpaired) electrons. The molecule has 98 valence electrons. The van der Waals surface area contributed by atoms with Gasteiger partial charge in [-0.05, 0) is 26.0 Å². The molecule has 1 heterocycles. The highest BCUT2D eigenvalue weighted by atomic mass is 32.1. The molecule has 4 nitrogen and oxygen atoms in total. The van der Waals surface area contributed by atoms with E-state index in [0.29, 0.717) is 0 Å². The van der Waals surface area contributed by atoms with Crippen LogP contribution in [0.2, 0.25) is 0 Å². The van der Waals surface area contributed by atoms with Crippen LogP contribution in [0, 0.1) is 16.7 Å². The second kappa shape index (κ2) is 5.37. The molecular weight excluding hydrogens is 260 g/mol. The minimum absolute atomic E-state index is 0.274. The number of carbonyl (C=O) groups excluding carboxylic acids is 1. The summed E-state index contributed by atoms with van der Waals surface area (Å²) in [6, 6.07) is 9.81. The smallest absolute Gasteiger partial charge is 0.326 e. The number of carbonyl (C=O) groups is 1. The van der Waals surface area contributed by atoms with Crippen molar-refractivity contribution in [3.8, 4) is 6.07 Å². The van der Waals surface area contributed by atoms with Crippen LogP contribution in [-0.2, 0) is 16.0 Å². The number of benzene rings is 1. The number of hydrogen-bond acceptors (Lipinski definition) is 5. The van der Waals surface area contributed by atoms with E-state index in [-0.39, 0.29) is 13.0 Å². The van der Waals surface area contributed by atoms with Gasteiger partial charge in [0.15, 0.2) is 5.41 Å². The first-order chi connectivity index (χ1) is 9.09. The summed E-state index contributed by atoms with van der Waals surface area (Å²) in [5.41, 5.74) is -0.282. The van der Waals surface area contributed by atoms with Crippen molar-refractivity contribution in [2.45, 2.75) is 20.3 Å². The number of hydrogen-bond donors (Lipinski definition) is 0. The van der Waals surface area contributed by atoms with Crippen LogP contribution in [0.1, 0.15) is 18.9 Å². The van der Waals surface area contributed by atoms with Gasteiger partial charge in [-0.1, -0.05) is 12.1 Å². The molecule has 0 aliphatic carbocycles. The van der Waals surface area contributed by atoms with Crippen molar-refractivity contribution >= 4 is 27.5 Å². The molecule has 1 atom stereocenters. The largest absolute Gasteiger partial charge is 0.465 e. The normalized spacial score (nSPS) is 13.7. The molecule has 0 bridgehead atoms. The number of fused-ring (bicyclic) bond motifs is 1. The zero-order chi connectivity index (χ0) is 13.9. The van der Waals surface area contributed by atoms with Crippen molar-refractivity contribution < 1.29 is 9.53 Å². The predicted octanol–water partition coefficient (Wildman–Crippen LogP) is 2.93. The first-order valence-electron chi connectivity index (χ1n) is 6.02. The lowest BCUT2D eigenvalue weighted by molar-refractivity contribution is -0.151. The molecule has 0 amide bonds. The number of nitriles is 1. The summed E-state index contributed by atoms with van der Waals surface area (Å²) in [7, 11) is 0. The number of esters is 1. The Bertz CT molecular complexity index is 611. The quantitative estimate of drug-likeness (QED) is 0.804. The van der Waals surface area contributed by atoms with Crippen molar-refractivity contribution in [3.05, 3.63) is 29.3 Å². The Labute approximate surface area is 115 Å². The number of nitrogens with zero attached hydrogens (tertiary/aromatic N) is 2. The third-order valence-electron chi connectivity index (χ3n) is 2.82. The van der Waals surface area contributed by atoms with Crippen LogP contribution in [-0.4, -0.2) is 17.6 Å². The van der Waals surface area contributed by atoms with Crippen molar-refractivity contribution in [2.75, 3.05) is 6.61 Å². The van der Waals surface area contributed by atoms with E-state index in [9.17, 15) is 10.1 Å². The Kier molecular flexibility index (Phi) is 3.82. The highest BCUT2D eigenvalue weighted by Crippen LogP contribution is 2.29. The van der Waals surface area contributed by atoms with Crippen molar-refractivity contribution in [3.63, 3.8) is 0 Å². The van der Waals surface area contributed by atoms with Gasteiger partial charge in [0.2, 0.25) is 0 Å². The highest BCUT2D eigenvalue weighted by molar-refractivity contribution is 7.18. The van der Waals surface area contributed by atoms with Gasteiger partial charge in [0.05, 0.1) is 27.9 Å². The Balaban J connectivity index is 2.27. The van der Waals surface area contributed by atoms with Crippen LogP contribution < -0.4 is 0 Å². The van der Waals surface area contributed by atoms with Gasteiger partial charge in [-0.2, -0.15) is 5.26 Å². The molecular formula is C14H14N2O2S. The molecule has 2 aromatic rings. The molecule has 2 rings (SSSR count). The average molecular weight is 274 g/mol. The summed E-state index contributed by atoms with van der Waals surface area (Å²) in [6.45, 7) is 3.60. The number of rotatable bonds is 4. The third kappa shape index (κ3) is 2.74. The fourth-order valence-corrected chi connectivity index (χ4v) is 2.87. The maximum Gasteiger partial charge on any atom is 0.326 e. The highest BCUT2D eigenvalue weighted by Gasteiger charge is 2.36. The van der Waals surface area contributed by atoms with Crippen LogP contribution in [0.3, 0.4) is 0 Å². The number of para-hydroxylation sites is 1. The maximum absolute atomic E-state index is 11.8. The maximum atomic E-state index is 11.8. The summed E-state index contributed by atoms with van der Waals surface area (Å²) in [5.74, 6) is -0.489. The van der Waals surface area contributed by atoms with E-state index in [1.54, 1.807) is 13.8 Å². The molecule has 0 aliphatic heterocycles. The fourth-order valence-electron chi connectivity index (χ4n) is 1.75. The number of thiazole rings is 1. The molecule has 0 spiro atoms. The molecule has 0 saturated heterocycles. The van der Waals surface area contributed by atoms with Crippen LogP contribution in [0.15, 0.2) is 24.3 Å². The molecule has 0 saturated carbocycles. The third-order valence-corrected chi connectivity index (χ3v) is 3.85. The van der Waals surface area contributed by atoms with E-state index in [2.05, 4.69) is 4.98 Å². The summed E-state index contributed by atoms with van der Waals surface area (Å²) < 4.78 is 6.02. The van der Waals surface area contributed by atoms with Crippen molar-refractivity contribution in [2.24, 2.45) is 5.41 Å². The van der Waals surface area contributed by atoms with Gasteiger partial charge in [-0.15, -0.1) is 11.3 Å². The molecule has 19 heavy (non-hydrogen) atoms. The van der Waals surface area contributed by atoms with Gasteiger partial charge in [0.25, 0.3) is 0 Å². The van der Waals surface area contributed by atoms with Gasteiger partial charge in [0, 0.05) is 6.42 Å². The number of aromatic nitrogens is 1. The zero-order valence-corrected chi connectivity index (χ0v) is 11.7. The van der Waals surface area contributed by atoms with Gasteiger partial charge in [0.1, 0.15) is 0 Å². The van der Waals surface area contributed by atoms with E-state index in [4.69, 9.17) is 4.74 Å². The second-order valence-corrected chi connectivity index (χ2v) is 5.53. The summed E-state index contributed by atoms with van der Waals surface area (Å²) >= 11 is 1.51. The molecule has 1 aromatic carbocycles. The van der Waals surface area contributed by atoms with E-state index in [0.717, 1.165) is 15.2 Å². The molecule has 0 N–H and O–H groups in total. The molecule has 1 unspecified atom stereocenters. The van der Waals surface area contributed by atoms with Gasteiger partial charge in [-0.25, -0.2) is 4.98 Å². The zero-order valence-electron chi connectivity index (χ0n) is 10.8. The lowest BCUT2D eigenvalue weighted by atomic mass is 9.89. The molecule has 5 heteroatoms. The summed E-state index contributed by atoms with van der Waals surface area (Å²) in [6.07, 6.45) is 0.279.